The normalized spacial score (nSPS) is 10.9. The zero-order chi connectivity index (χ0) is 20.9. The summed E-state index contributed by atoms with van der Waals surface area (Å²) in [6, 6.07) is 18.7. The average Bonchev–Trinajstić information content (AvgIpc) is 3.12. The number of hydrogen-bond acceptors (Lipinski definition) is 4. The molecule has 0 fully saturated rings. The highest BCUT2D eigenvalue weighted by Gasteiger charge is 2.17. The molecule has 0 aliphatic carbocycles. The van der Waals surface area contributed by atoms with Gasteiger partial charge in [0.1, 0.15) is 18.2 Å². The second kappa shape index (κ2) is 8.97. The number of ether oxygens (including phenoxy) is 1. The van der Waals surface area contributed by atoms with Crippen molar-refractivity contribution in [2.24, 2.45) is 0 Å². The zero-order valence-electron chi connectivity index (χ0n) is 16.5. The number of fused-ring (bicyclic) bond motifs is 1. The average molecular weight is 421 g/mol. The summed E-state index contributed by atoms with van der Waals surface area (Å²) in [7, 11) is 1.77. The number of amides is 1. The topological polar surface area (TPSA) is 60.2 Å². The lowest BCUT2D eigenvalue weighted by molar-refractivity contribution is 0.0780. The Morgan fingerprint density at radius 2 is 1.80 bits per heavy atom. The van der Waals surface area contributed by atoms with Crippen molar-refractivity contribution < 1.29 is 9.53 Å². The van der Waals surface area contributed by atoms with E-state index in [4.69, 9.17) is 21.3 Å². The number of benzene rings is 2. The van der Waals surface area contributed by atoms with Gasteiger partial charge in [0, 0.05) is 25.0 Å². The predicted octanol–water partition coefficient (Wildman–Crippen LogP) is 4.44. The molecule has 0 spiro atoms. The highest BCUT2D eigenvalue weighted by Crippen LogP contribution is 2.23. The van der Waals surface area contributed by atoms with Gasteiger partial charge in [0.15, 0.2) is 0 Å². The lowest BCUT2D eigenvalue weighted by Crippen LogP contribution is -2.28. The SMILES string of the molecule is CN(Cc1nc2ccccc2n1CCOc1ccccc1Cl)C(=O)c1ccncc1. The monoisotopic (exact) mass is 420 g/mol. The summed E-state index contributed by atoms with van der Waals surface area (Å²) < 4.78 is 7.95. The van der Waals surface area contributed by atoms with Crippen LogP contribution in [0.25, 0.3) is 11.0 Å². The summed E-state index contributed by atoms with van der Waals surface area (Å²) in [6.07, 6.45) is 3.23. The molecule has 0 saturated carbocycles. The van der Waals surface area contributed by atoms with Crippen molar-refractivity contribution in [1.29, 1.82) is 0 Å². The van der Waals surface area contributed by atoms with Gasteiger partial charge in [-0.1, -0.05) is 35.9 Å². The number of para-hydroxylation sites is 3. The van der Waals surface area contributed by atoms with Crippen molar-refractivity contribution in [3.8, 4) is 5.75 Å². The number of halogens is 1. The smallest absolute Gasteiger partial charge is 0.254 e. The summed E-state index contributed by atoms with van der Waals surface area (Å²) in [5.41, 5.74) is 2.48. The Hall–Kier alpha value is -3.38. The molecule has 0 aliphatic rings. The van der Waals surface area contributed by atoms with E-state index in [-0.39, 0.29) is 5.91 Å². The Bertz CT molecular complexity index is 1160. The summed E-state index contributed by atoms with van der Waals surface area (Å²) in [5, 5.41) is 0.580. The molecule has 0 atom stereocenters. The maximum atomic E-state index is 12.7. The molecule has 6 nitrogen and oxygen atoms in total. The van der Waals surface area contributed by atoms with Gasteiger partial charge in [-0.05, 0) is 36.4 Å². The molecule has 4 aromatic rings. The van der Waals surface area contributed by atoms with Crippen LogP contribution in [0.15, 0.2) is 73.1 Å². The van der Waals surface area contributed by atoms with Crippen molar-refractivity contribution in [2.45, 2.75) is 13.1 Å². The summed E-state index contributed by atoms with van der Waals surface area (Å²) in [4.78, 5) is 23.1. The molecule has 1 amide bonds. The maximum absolute atomic E-state index is 12.7. The molecule has 0 aliphatic heterocycles. The number of hydrogen-bond donors (Lipinski definition) is 0. The fourth-order valence-electron chi connectivity index (χ4n) is 3.30. The van der Waals surface area contributed by atoms with Crippen molar-refractivity contribution in [2.75, 3.05) is 13.7 Å². The molecule has 2 heterocycles. The van der Waals surface area contributed by atoms with E-state index in [0.717, 1.165) is 16.9 Å². The second-order valence-electron chi connectivity index (χ2n) is 6.84. The van der Waals surface area contributed by atoms with Crippen LogP contribution in [0.5, 0.6) is 5.75 Å². The molecule has 0 saturated heterocycles. The van der Waals surface area contributed by atoms with Crippen LogP contribution in [-0.2, 0) is 13.1 Å². The zero-order valence-corrected chi connectivity index (χ0v) is 17.3. The third-order valence-electron chi connectivity index (χ3n) is 4.80. The molecule has 4 rings (SSSR count). The number of rotatable bonds is 7. The van der Waals surface area contributed by atoms with E-state index in [1.807, 2.05) is 42.5 Å². The fraction of sp³-hybridized carbons (Fsp3) is 0.174. The maximum Gasteiger partial charge on any atom is 0.254 e. The second-order valence-corrected chi connectivity index (χ2v) is 7.25. The van der Waals surface area contributed by atoms with Gasteiger partial charge in [-0.25, -0.2) is 4.98 Å². The fourth-order valence-corrected chi connectivity index (χ4v) is 3.49. The molecular weight excluding hydrogens is 400 g/mol. The first-order chi connectivity index (χ1) is 14.6. The number of nitrogens with zero attached hydrogens (tertiary/aromatic N) is 4. The highest BCUT2D eigenvalue weighted by molar-refractivity contribution is 6.32. The quantitative estimate of drug-likeness (QED) is 0.443. The molecular formula is C23H21ClN4O2. The van der Waals surface area contributed by atoms with Gasteiger partial charge >= 0.3 is 0 Å². The van der Waals surface area contributed by atoms with Crippen LogP contribution in [0.4, 0.5) is 0 Å². The van der Waals surface area contributed by atoms with Crippen LogP contribution < -0.4 is 4.74 Å². The van der Waals surface area contributed by atoms with E-state index < -0.39 is 0 Å². The first-order valence-corrected chi connectivity index (χ1v) is 9.98. The molecule has 152 valence electrons. The molecule has 0 radical (unpaired) electrons. The highest BCUT2D eigenvalue weighted by atomic mass is 35.5. The third kappa shape index (κ3) is 4.28. The Morgan fingerprint density at radius 1 is 1.07 bits per heavy atom. The van der Waals surface area contributed by atoms with Crippen molar-refractivity contribution in [3.63, 3.8) is 0 Å². The lowest BCUT2D eigenvalue weighted by atomic mass is 10.2. The number of carbonyl (C=O) groups excluding carboxylic acids is 1. The molecule has 0 bridgehead atoms. The molecule has 0 unspecified atom stereocenters. The first kappa shape index (κ1) is 19.9. The standard InChI is InChI=1S/C23H21ClN4O2/c1-27(23(29)17-10-12-25-13-11-17)16-22-26-19-7-3-4-8-20(19)28(22)14-15-30-21-9-5-2-6-18(21)24/h2-13H,14-16H2,1H3. The van der Waals surface area contributed by atoms with Crippen molar-refractivity contribution >= 4 is 28.5 Å². The van der Waals surface area contributed by atoms with Crippen LogP contribution in [0, 0.1) is 0 Å². The number of carbonyl (C=O) groups is 1. The predicted molar refractivity (Wildman–Crippen MR) is 117 cm³/mol. The summed E-state index contributed by atoms with van der Waals surface area (Å²) in [5.74, 6) is 1.36. The van der Waals surface area contributed by atoms with Crippen LogP contribution in [0.1, 0.15) is 16.2 Å². The summed E-state index contributed by atoms with van der Waals surface area (Å²) >= 11 is 6.18. The van der Waals surface area contributed by atoms with Crippen LogP contribution in [-0.4, -0.2) is 39.0 Å². The van der Waals surface area contributed by atoms with E-state index >= 15 is 0 Å². The van der Waals surface area contributed by atoms with Gasteiger partial charge < -0.3 is 14.2 Å². The minimum Gasteiger partial charge on any atom is -0.490 e. The molecule has 2 aromatic heterocycles. The van der Waals surface area contributed by atoms with Crippen LogP contribution in [0.2, 0.25) is 5.02 Å². The lowest BCUT2D eigenvalue weighted by Gasteiger charge is -2.18. The minimum absolute atomic E-state index is 0.0803. The Labute approximate surface area is 179 Å². The van der Waals surface area contributed by atoms with Gasteiger partial charge in [-0.3, -0.25) is 9.78 Å². The van der Waals surface area contributed by atoms with Gasteiger partial charge in [-0.2, -0.15) is 0 Å². The molecule has 2 aromatic carbocycles. The number of imidazole rings is 1. The Balaban J connectivity index is 1.54. The Kier molecular flexibility index (Phi) is 5.95. The van der Waals surface area contributed by atoms with Gasteiger partial charge in [0.2, 0.25) is 0 Å². The van der Waals surface area contributed by atoms with Crippen molar-refractivity contribution in [1.82, 2.24) is 19.4 Å². The number of pyridine rings is 1. The summed E-state index contributed by atoms with van der Waals surface area (Å²) in [6.45, 7) is 1.39. The number of aromatic nitrogens is 3. The van der Waals surface area contributed by atoms with Crippen LogP contribution in [0.3, 0.4) is 0 Å². The molecule has 7 heteroatoms. The minimum atomic E-state index is -0.0803. The molecule has 0 N–H and O–H groups in total. The van der Waals surface area contributed by atoms with Crippen molar-refractivity contribution in [3.05, 3.63) is 89.5 Å². The van der Waals surface area contributed by atoms with E-state index in [1.165, 1.54) is 0 Å². The molecule has 30 heavy (non-hydrogen) atoms. The van der Waals surface area contributed by atoms with E-state index in [1.54, 1.807) is 42.5 Å². The van der Waals surface area contributed by atoms with E-state index in [0.29, 0.717) is 36.0 Å². The van der Waals surface area contributed by atoms with Gasteiger partial charge in [-0.15, -0.1) is 0 Å². The largest absolute Gasteiger partial charge is 0.490 e. The van der Waals surface area contributed by atoms with Gasteiger partial charge in [0.25, 0.3) is 5.91 Å². The first-order valence-electron chi connectivity index (χ1n) is 9.60. The van der Waals surface area contributed by atoms with Crippen LogP contribution >= 0.6 is 11.6 Å². The van der Waals surface area contributed by atoms with Gasteiger partial charge in [0.05, 0.1) is 29.1 Å². The van der Waals surface area contributed by atoms with E-state index in [9.17, 15) is 4.79 Å². The Morgan fingerprint density at radius 3 is 2.60 bits per heavy atom. The third-order valence-corrected chi connectivity index (χ3v) is 5.11. The van der Waals surface area contributed by atoms with E-state index in [2.05, 4.69) is 9.55 Å².